The second kappa shape index (κ2) is 7.21. The molecule has 0 spiro atoms. The Balaban J connectivity index is 1.80. The first-order valence-electron chi connectivity index (χ1n) is 11.3. The lowest BCUT2D eigenvalue weighted by Crippen LogP contribution is -2.26. The molecule has 5 aromatic carbocycles. The summed E-state index contributed by atoms with van der Waals surface area (Å²) in [6.07, 6.45) is 3.49. The molecule has 0 saturated heterocycles. The van der Waals surface area contributed by atoms with E-state index in [-0.39, 0.29) is 0 Å². The Kier molecular flexibility index (Phi) is 4.12. The molecule has 3 nitrogen and oxygen atoms in total. The zero-order chi connectivity index (χ0) is 22.7. The number of fused-ring (bicyclic) bond motifs is 10. The van der Waals surface area contributed by atoms with E-state index >= 15 is 4.57 Å². The van der Waals surface area contributed by atoms with Crippen molar-refractivity contribution in [3.63, 3.8) is 0 Å². The maximum atomic E-state index is 15.4. The summed E-state index contributed by atoms with van der Waals surface area (Å²) in [5.41, 5.74) is 4.95. The third kappa shape index (κ3) is 2.50. The Bertz CT molecular complexity index is 1680. The van der Waals surface area contributed by atoms with Gasteiger partial charge in [0.15, 0.2) is 7.14 Å². The van der Waals surface area contributed by atoms with E-state index in [9.17, 15) is 0 Å². The Hall–Kier alpha value is -4.07. The maximum Gasteiger partial charge on any atom is 0.172 e. The van der Waals surface area contributed by atoms with Crippen LogP contribution in [0.2, 0.25) is 0 Å². The standard InChI is InChI=1S/C30H19N2OP/c33-34(20-10-2-1-3-11-20)26-16-8-6-14-23(26)28-22-13-5-4-12-21(22)25-18-31-19-32-30(25)29(28)24-15-7-9-17-27(24)34/h1-19H. The number of nitrogens with zero attached hydrogens (tertiary/aromatic N) is 2. The fourth-order valence-corrected chi connectivity index (χ4v) is 8.47. The van der Waals surface area contributed by atoms with Crippen LogP contribution in [0, 0.1) is 0 Å². The fraction of sp³-hybridized carbons (Fsp3) is 0. The molecule has 0 fully saturated rings. The van der Waals surface area contributed by atoms with Gasteiger partial charge in [0.25, 0.3) is 0 Å². The van der Waals surface area contributed by atoms with Crippen LogP contribution in [-0.2, 0) is 4.57 Å². The van der Waals surface area contributed by atoms with Gasteiger partial charge in [-0.15, -0.1) is 0 Å². The lowest BCUT2D eigenvalue weighted by molar-refractivity contribution is 0.592. The van der Waals surface area contributed by atoms with Gasteiger partial charge in [-0.3, -0.25) is 0 Å². The van der Waals surface area contributed by atoms with Gasteiger partial charge in [0.05, 0.1) is 5.52 Å². The third-order valence-electron chi connectivity index (χ3n) is 6.83. The molecule has 0 N–H and O–H groups in total. The minimum Gasteiger partial charge on any atom is -0.309 e. The lowest BCUT2D eigenvalue weighted by atomic mass is 9.87. The van der Waals surface area contributed by atoms with Gasteiger partial charge in [-0.25, -0.2) is 9.97 Å². The summed E-state index contributed by atoms with van der Waals surface area (Å²) in [4.78, 5) is 9.12. The van der Waals surface area contributed by atoms with Crippen molar-refractivity contribution in [2.24, 2.45) is 0 Å². The SMILES string of the molecule is O=P1(c2ccccc2)c2ccccc2-c2c(c3ncncc3c3ccccc23)-c2ccccc21. The highest BCUT2D eigenvalue weighted by molar-refractivity contribution is 7.85. The van der Waals surface area contributed by atoms with Crippen molar-refractivity contribution in [2.75, 3.05) is 0 Å². The molecular weight excluding hydrogens is 435 g/mol. The maximum absolute atomic E-state index is 15.4. The minimum absolute atomic E-state index is 0.839. The van der Waals surface area contributed by atoms with Gasteiger partial charge in [0, 0.05) is 38.6 Å². The average Bonchev–Trinajstić information content (AvgIpc) is 3.02. The van der Waals surface area contributed by atoms with E-state index in [4.69, 9.17) is 4.98 Å². The Morgan fingerprint density at radius 3 is 1.88 bits per heavy atom. The van der Waals surface area contributed by atoms with Crippen molar-refractivity contribution in [3.05, 3.63) is 116 Å². The fourth-order valence-electron chi connectivity index (χ4n) is 5.42. The molecule has 2 heterocycles. The molecule has 0 radical (unpaired) electrons. The molecule has 0 saturated carbocycles. The normalized spacial score (nSPS) is 16.5. The van der Waals surface area contributed by atoms with Gasteiger partial charge >= 0.3 is 0 Å². The molecule has 6 aromatic rings. The van der Waals surface area contributed by atoms with Gasteiger partial charge in [-0.05, 0) is 21.9 Å². The molecule has 1 aromatic heterocycles. The van der Waals surface area contributed by atoms with Crippen LogP contribution in [0.25, 0.3) is 43.9 Å². The number of rotatable bonds is 1. The van der Waals surface area contributed by atoms with E-state index in [1.807, 2.05) is 79.0 Å². The molecule has 0 aliphatic carbocycles. The van der Waals surface area contributed by atoms with Crippen molar-refractivity contribution in [3.8, 4) is 22.3 Å². The second-order valence-corrected chi connectivity index (χ2v) is 11.3. The molecule has 0 amide bonds. The van der Waals surface area contributed by atoms with Crippen LogP contribution >= 0.6 is 7.14 Å². The van der Waals surface area contributed by atoms with Gasteiger partial charge in [-0.1, -0.05) is 103 Å². The molecule has 160 valence electrons. The molecule has 1 atom stereocenters. The zero-order valence-electron chi connectivity index (χ0n) is 18.2. The first-order chi connectivity index (χ1) is 16.8. The highest BCUT2D eigenvalue weighted by Crippen LogP contribution is 2.54. The summed E-state index contributed by atoms with van der Waals surface area (Å²) in [6.45, 7) is 0. The van der Waals surface area contributed by atoms with Crippen molar-refractivity contribution >= 4 is 44.7 Å². The smallest absolute Gasteiger partial charge is 0.172 e. The first-order valence-corrected chi connectivity index (χ1v) is 13.0. The third-order valence-corrected chi connectivity index (χ3v) is 9.99. The minimum atomic E-state index is -3.17. The van der Waals surface area contributed by atoms with Gasteiger partial charge in [0.1, 0.15) is 6.33 Å². The van der Waals surface area contributed by atoms with Crippen LogP contribution in [0.3, 0.4) is 0 Å². The summed E-state index contributed by atoms with van der Waals surface area (Å²) >= 11 is 0. The van der Waals surface area contributed by atoms with Crippen LogP contribution < -0.4 is 15.9 Å². The number of benzene rings is 5. The Labute approximate surface area is 197 Å². The second-order valence-electron chi connectivity index (χ2n) is 8.56. The molecule has 0 bridgehead atoms. The summed E-state index contributed by atoms with van der Waals surface area (Å²) in [5, 5.41) is 5.77. The van der Waals surface area contributed by atoms with E-state index in [1.165, 1.54) is 0 Å². The molecule has 1 aliphatic heterocycles. The van der Waals surface area contributed by atoms with E-state index in [0.717, 1.165) is 59.8 Å². The molecule has 1 unspecified atom stereocenters. The number of aromatic nitrogens is 2. The predicted molar refractivity (Wildman–Crippen MR) is 141 cm³/mol. The predicted octanol–water partition coefficient (Wildman–Crippen LogP) is 6.07. The molecule has 4 heteroatoms. The largest absolute Gasteiger partial charge is 0.309 e. The van der Waals surface area contributed by atoms with Crippen molar-refractivity contribution in [2.45, 2.75) is 0 Å². The Morgan fingerprint density at radius 1 is 0.559 bits per heavy atom. The van der Waals surface area contributed by atoms with Crippen LogP contribution in [-0.4, -0.2) is 9.97 Å². The summed E-state index contributed by atoms with van der Waals surface area (Å²) in [5.74, 6) is 0. The lowest BCUT2D eigenvalue weighted by Gasteiger charge is -2.22. The van der Waals surface area contributed by atoms with E-state index in [2.05, 4.69) is 35.3 Å². The van der Waals surface area contributed by atoms with Crippen LogP contribution in [0.1, 0.15) is 0 Å². The van der Waals surface area contributed by atoms with Crippen LogP contribution in [0.15, 0.2) is 116 Å². The van der Waals surface area contributed by atoms with Gasteiger partial charge < -0.3 is 4.57 Å². The quantitative estimate of drug-likeness (QED) is 0.223. The summed E-state index contributed by atoms with van der Waals surface area (Å²) < 4.78 is 15.4. The first kappa shape index (κ1) is 19.4. The van der Waals surface area contributed by atoms with Crippen molar-refractivity contribution in [1.29, 1.82) is 0 Å². The summed E-state index contributed by atoms with van der Waals surface area (Å²) in [7, 11) is -3.17. The zero-order valence-corrected chi connectivity index (χ0v) is 19.1. The van der Waals surface area contributed by atoms with Crippen molar-refractivity contribution in [1.82, 2.24) is 9.97 Å². The summed E-state index contributed by atoms with van der Waals surface area (Å²) in [6, 6.07) is 34.6. The average molecular weight is 454 g/mol. The monoisotopic (exact) mass is 454 g/mol. The molecule has 1 aliphatic rings. The highest BCUT2D eigenvalue weighted by Gasteiger charge is 2.38. The van der Waals surface area contributed by atoms with E-state index in [0.29, 0.717) is 0 Å². The van der Waals surface area contributed by atoms with E-state index < -0.39 is 7.14 Å². The Morgan fingerprint density at radius 2 is 1.15 bits per heavy atom. The topological polar surface area (TPSA) is 42.9 Å². The van der Waals surface area contributed by atoms with Gasteiger partial charge in [0.2, 0.25) is 0 Å². The molecular formula is C30H19N2OP. The molecule has 7 rings (SSSR count). The van der Waals surface area contributed by atoms with Gasteiger partial charge in [-0.2, -0.15) is 0 Å². The molecule has 34 heavy (non-hydrogen) atoms. The highest BCUT2D eigenvalue weighted by atomic mass is 31.2. The van der Waals surface area contributed by atoms with Crippen molar-refractivity contribution < 1.29 is 4.57 Å². The number of hydrogen-bond acceptors (Lipinski definition) is 3. The number of hydrogen-bond donors (Lipinski definition) is 0. The van der Waals surface area contributed by atoms with Crippen LogP contribution in [0.5, 0.6) is 0 Å². The van der Waals surface area contributed by atoms with Crippen LogP contribution in [0.4, 0.5) is 0 Å². The van der Waals surface area contributed by atoms with E-state index in [1.54, 1.807) is 6.33 Å².